The number of fused-ring (bicyclic) bond motifs is 2. The Morgan fingerprint density at radius 3 is 2.42 bits per heavy atom. The lowest BCUT2D eigenvalue weighted by Gasteiger charge is -2.27. The molecule has 0 amide bonds. The fraction of sp³-hybridized carbons (Fsp3) is 0.357. The van der Waals surface area contributed by atoms with E-state index in [0.29, 0.717) is 41.9 Å². The van der Waals surface area contributed by atoms with Crippen LogP contribution < -0.4 is 14.4 Å². The van der Waals surface area contributed by atoms with Gasteiger partial charge in [-0.2, -0.15) is 0 Å². The Morgan fingerprint density at radius 1 is 1.00 bits per heavy atom. The normalized spacial score (nSPS) is 16.7. The lowest BCUT2D eigenvalue weighted by atomic mass is 10.0. The average Bonchev–Trinajstić information content (AvgIpc) is 3.72. The van der Waals surface area contributed by atoms with Gasteiger partial charge in [0.25, 0.3) is 0 Å². The molecule has 0 aromatic heterocycles. The molecule has 1 atom stereocenters. The van der Waals surface area contributed by atoms with Gasteiger partial charge in [-0.05, 0) is 91.6 Å². The number of hydrogen-bond acceptors (Lipinski definition) is 4. The van der Waals surface area contributed by atoms with Gasteiger partial charge < -0.3 is 9.64 Å². The maximum Gasteiger partial charge on any atom is 0.573 e. The summed E-state index contributed by atoms with van der Waals surface area (Å²) in [5, 5.41) is 0.672. The van der Waals surface area contributed by atoms with Crippen molar-refractivity contribution in [2.45, 2.75) is 43.4 Å². The summed E-state index contributed by atoms with van der Waals surface area (Å²) in [6, 6.07) is 19.4. The van der Waals surface area contributed by atoms with Crippen LogP contribution in [0.2, 0.25) is 5.02 Å². The third-order valence-corrected chi connectivity index (χ3v) is 8.98. The minimum absolute atomic E-state index is 0.338. The second kappa shape index (κ2) is 11.2. The van der Waals surface area contributed by atoms with Crippen molar-refractivity contribution in [2.24, 2.45) is 10.3 Å². The highest BCUT2D eigenvalue weighted by atomic mass is 35.5. The van der Waals surface area contributed by atoms with Gasteiger partial charge in [-0.15, -0.1) is 13.2 Å². The molecule has 1 fully saturated rings. The maximum atomic E-state index is 13.9. The van der Waals surface area contributed by atoms with Crippen LogP contribution in [0.15, 0.2) is 76.0 Å². The Bertz CT molecular complexity index is 1400. The monoisotopic (exact) mass is 563 g/mol. The number of halogens is 4. The molecule has 0 bridgehead atoms. The van der Waals surface area contributed by atoms with Crippen molar-refractivity contribution in [3.8, 4) is 5.75 Å². The first-order chi connectivity index (χ1) is 18.2. The first-order valence-corrected chi connectivity index (χ1v) is 14.6. The molecule has 5 nitrogen and oxygen atoms in total. The van der Waals surface area contributed by atoms with Crippen molar-refractivity contribution in [1.29, 1.82) is 0 Å². The topological polar surface area (TPSA) is 53.9 Å². The molecule has 10 heteroatoms. The van der Waals surface area contributed by atoms with Crippen LogP contribution in [0.5, 0.6) is 5.75 Å². The summed E-state index contributed by atoms with van der Waals surface area (Å²) < 4.78 is 63.2. The molecule has 1 aliphatic carbocycles. The van der Waals surface area contributed by atoms with Crippen LogP contribution in [0.25, 0.3) is 0 Å². The van der Waals surface area contributed by atoms with Gasteiger partial charge in [0, 0.05) is 29.5 Å². The van der Waals surface area contributed by atoms with Gasteiger partial charge in [0.1, 0.15) is 15.7 Å². The van der Waals surface area contributed by atoms with Crippen molar-refractivity contribution in [3.05, 3.63) is 82.9 Å². The van der Waals surface area contributed by atoms with Crippen LogP contribution in [0, 0.1) is 5.92 Å². The van der Waals surface area contributed by atoms with Gasteiger partial charge in [-0.3, -0.25) is 0 Å². The van der Waals surface area contributed by atoms with Gasteiger partial charge >= 0.3 is 6.36 Å². The zero-order chi connectivity index (χ0) is 26.8. The number of nitrogens with one attached hydrogen (secondary N) is 1. The predicted molar refractivity (Wildman–Crippen MR) is 144 cm³/mol. The Labute approximate surface area is 226 Å². The number of para-hydroxylation sites is 1. The van der Waals surface area contributed by atoms with E-state index in [4.69, 9.17) is 11.6 Å². The second-order valence-corrected chi connectivity index (χ2v) is 12.1. The Hall–Kier alpha value is -2.75. The molecule has 3 aromatic rings. The van der Waals surface area contributed by atoms with Gasteiger partial charge in [0.2, 0.25) is 0 Å². The summed E-state index contributed by atoms with van der Waals surface area (Å²) in [5.74, 6) is 0.0580. The molecular formula is C28H29ClF3N3O2S. The molecule has 0 spiro atoms. The molecular weight excluding hydrogens is 535 g/mol. The van der Waals surface area contributed by atoms with Crippen molar-refractivity contribution >= 4 is 32.9 Å². The van der Waals surface area contributed by atoms with Gasteiger partial charge in [0.15, 0.2) is 0 Å². The highest BCUT2D eigenvalue weighted by Crippen LogP contribution is 2.37. The summed E-state index contributed by atoms with van der Waals surface area (Å²) in [5.41, 5.74) is 4.69. The second-order valence-electron chi connectivity index (χ2n) is 9.60. The van der Waals surface area contributed by atoms with E-state index < -0.39 is 16.3 Å². The Balaban J connectivity index is 1.32. The first kappa shape index (κ1) is 26.8. The molecule has 2 aliphatic rings. The Kier molecular flexibility index (Phi) is 7.88. The summed E-state index contributed by atoms with van der Waals surface area (Å²) >= 11 is 6.36. The molecule has 1 aliphatic heterocycles. The molecule has 1 saturated carbocycles. The quantitative estimate of drug-likeness (QED) is 0.278. The van der Waals surface area contributed by atoms with Crippen molar-refractivity contribution in [1.82, 2.24) is 4.72 Å². The van der Waals surface area contributed by atoms with Crippen molar-refractivity contribution in [3.63, 3.8) is 0 Å². The number of anilines is 2. The number of rotatable bonds is 9. The zero-order valence-corrected chi connectivity index (χ0v) is 22.3. The van der Waals surface area contributed by atoms with Crippen LogP contribution in [0.4, 0.5) is 24.5 Å². The van der Waals surface area contributed by atoms with Gasteiger partial charge in [-0.25, -0.2) is 13.3 Å². The Morgan fingerprint density at radius 2 is 1.71 bits per heavy atom. The maximum absolute atomic E-state index is 13.9. The van der Waals surface area contributed by atoms with E-state index in [1.807, 2.05) is 24.3 Å². The van der Waals surface area contributed by atoms with Gasteiger partial charge in [-0.1, -0.05) is 35.9 Å². The third kappa shape index (κ3) is 6.62. The molecule has 38 heavy (non-hydrogen) atoms. The van der Waals surface area contributed by atoms with E-state index in [0.717, 1.165) is 37.1 Å². The molecule has 3 aromatic carbocycles. The molecule has 0 saturated heterocycles. The van der Waals surface area contributed by atoms with Crippen LogP contribution in [-0.4, -0.2) is 30.2 Å². The minimum atomic E-state index is -4.79. The number of nitrogens with zero attached hydrogens (tertiary/aromatic N) is 2. The van der Waals surface area contributed by atoms with Crippen LogP contribution in [0.1, 0.15) is 30.4 Å². The smallest absolute Gasteiger partial charge is 0.406 e. The van der Waals surface area contributed by atoms with E-state index in [2.05, 4.69) is 36.9 Å². The summed E-state index contributed by atoms with van der Waals surface area (Å²) in [6.45, 7) is 1.52. The fourth-order valence-corrected chi connectivity index (χ4v) is 6.53. The third-order valence-electron chi connectivity index (χ3n) is 6.73. The lowest BCUT2D eigenvalue weighted by molar-refractivity contribution is -0.274. The molecule has 0 radical (unpaired) electrons. The molecule has 1 heterocycles. The molecule has 202 valence electrons. The van der Waals surface area contributed by atoms with Crippen LogP contribution in [0.3, 0.4) is 0 Å². The number of ether oxygens (including phenoxy) is 1. The summed E-state index contributed by atoms with van der Waals surface area (Å²) in [6.07, 6.45) is -0.180. The first-order valence-electron chi connectivity index (χ1n) is 12.7. The molecule has 5 rings (SSSR count). The summed E-state index contributed by atoms with van der Waals surface area (Å²) in [7, 11) is -3.02. The number of hydrogen-bond donors (Lipinski definition) is 1. The fourth-order valence-electron chi connectivity index (χ4n) is 4.61. The van der Waals surface area contributed by atoms with Crippen molar-refractivity contribution < 1.29 is 22.1 Å². The van der Waals surface area contributed by atoms with E-state index in [9.17, 15) is 17.4 Å². The molecule has 0 unspecified atom stereocenters. The standard InChI is InChI=1S/C28H29ClF3N3O2S/c29-23-11-10-22-9-8-21-4-1-2-5-26(21)35(27(22)18-23)17-3-16-33-38(36,34-19-20-6-7-20)25-14-12-24(13-15-25)37-28(30,31)32/h1-2,4-5,10-15,18,20H,3,6-9,16-17,19H2,(H,33,34,36)/t38-/m1/s1. The van der Waals surface area contributed by atoms with E-state index in [1.54, 1.807) is 0 Å². The van der Waals surface area contributed by atoms with E-state index in [-0.39, 0.29) is 5.75 Å². The average molecular weight is 564 g/mol. The highest BCUT2D eigenvalue weighted by molar-refractivity contribution is 7.91. The highest BCUT2D eigenvalue weighted by Gasteiger charge is 2.31. The minimum Gasteiger partial charge on any atom is -0.406 e. The SMILES string of the molecule is O=[S@@](=NCC1CC1)(NCCCN1c2ccccc2CCc2ccc(Cl)cc21)c1ccc(OC(F)(F)F)cc1. The predicted octanol–water partition coefficient (Wildman–Crippen LogP) is 7.31. The molecule has 1 N–H and O–H groups in total. The van der Waals surface area contributed by atoms with Crippen molar-refractivity contribution in [2.75, 3.05) is 24.5 Å². The largest absolute Gasteiger partial charge is 0.573 e. The van der Waals surface area contributed by atoms with Crippen LogP contribution >= 0.6 is 11.6 Å². The number of aryl methyl sites for hydroxylation is 2. The van der Waals surface area contributed by atoms with E-state index >= 15 is 0 Å². The van der Waals surface area contributed by atoms with Gasteiger partial charge in [0.05, 0.1) is 11.4 Å². The number of benzene rings is 3. The number of alkyl halides is 3. The van der Waals surface area contributed by atoms with E-state index in [1.165, 1.54) is 35.4 Å². The summed E-state index contributed by atoms with van der Waals surface area (Å²) in [4.78, 5) is 2.60. The zero-order valence-electron chi connectivity index (χ0n) is 20.7. The lowest BCUT2D eigenvalue weighted by Crippen LogP contribution is -2.29. The van der Waals surface area contributed by atoms with Crippen LogP contribution in [-0.2, 0) is 22.8 Å².